The number of fused-ring (bicyclic) bond motifs is 1. The van der Waals surface area contributed by atoms with Gasteiger partial charge in [0.2, 0.25) is 0 Å². The summed E-state index contributed by atoms with van der Waals surface area (Å²) in [5.41, 5.74) is 4.25. The van der Waals surface area contributed by atoms with Gasteiger partial charge in [-0.1, -0.05) is 17.7 Å². The number of allylic oxidation sites excluding steroid dienone is 1. The van der Waals surface area contributed by atoms with E-state index in [1.165, 1.54) is 36.0 Å². The Labute approximate surface area is 110 Å². The fourth-order valence-corrected chi connectivity index (χ4v) is 2.52. The molecule has 1 unspecified atom stereocenters. The average molecular weight is 245 g/mol. The normalized spacial score (nSPS) is 18.1. The van der Waals surface area contributed by atoms with Gasteiger partial charge in [0.25, 0.3) is 0 Å². The Kier molecular flexibility index (Phi) is 4.43. The second kappa shape index (κ2) is 6.05. The number of benzene rings is 1. The number of aryl methyl sites for hydroxylation is 1. The van der Waals surface area contributed by atoms with E-state index >= 15 is 0 Å². The maximum absolute atomic E-state index is 5.33. The molecule has 0 heterocycles. The second-order valence-electron chi connectivity index (χ2n) is 5.20. The van der Waals surface area contributed by atoms with E-state index in [1.54, 1.807) is 7.11 Å². The van der Waals surface area contributed by atoms with Gasteiger partial charge in [-0.15, -0.1) is 0 Å². The largest absolute Gasteiger partial charge is 0.497 e. The minimum atomic E-state index is 0.472. The number of hydrogen-bond acceptors (Lipinski definition) is 2. The fourth-order valence-electron chi connectivity index (χ4n) is 2.52. The molecule has 1 aromatic rings. The fraction of sp³-hybridized carbons (Fsp3) is 0.500. The molecule has 2 heteroatoms. The van der Waals surface area contributed by atoms with Gasteiger partial charge in [0.05, 0.1) is 7.11 Å². The van der Waals surface area contributed by atoms with Gasteiger partial charge in [-0.3, -0.25) is 0 Å². The van der Waals surface area contributed by atoms with Gasteiger partial charge >= 0.3 is 0 Å². The van der Waals surface area contributed by atoms with Crippen LogP contribution in [0.15, 0.2) is 29.8 Å². The minimum Gasteiger partial charge on any atom is -0.497 e. The minimum absolute atomic E-state index is 0.472. The lowest BCUT2D eigenvalue weighted by atomic mass is 9.87. The third-order valence-electron chi connectivity index (χ3n) is 3.54. The smallest absolute Gasteiger partial charge is 0.119 e. The summed E-state index contributed by atoms with van der Waals surface area (Å²) in [6.45, 7) is 5.22. The molecule has 1 atom stereocenters. The van der Waals surface area contributed by atoms with Crippen LogP contribution in [0.3, 0.4) is 0 Å². The molecule has 98 valence electrons. The molecule has 2 nitrogen and oxygen atoms in total. The maximum atomic E-state index is 5.33. The van der Waals surface area contributed by atoms with Crippen molar-refractivity contribution in [3.63, 3.8) is 0 Å². The Bertz CT molecular complexity index is 433. The summed E-state index contributed by atoms with van der Waals surface area (Å²) in [5, 5.41) is 3.63. The van der Waals surface area contributed by atoms with Crippen molar-refractivity contribution in [2.45, 2.75) is 39.2 Å². The van der Waals surface area contributed by atoms with Crippen molar-refractivity contribution < 1.29 is 4.74 Å². The molecule has 1 aliphatic carbocycles. The number of ether oxygens (including phenoxy) is 1. The first kappa shape index (κ1) is 13.2. The van der Waals surface area contributed by atoms with Gasteiger partial charge in [0, 0.05) is 12.6 Å². The van der Waals surface area contributed by atoms with Crippen molar-refractivity contribution in [1.29, 1.82) is 0 Å². The lowest BCUT2D eigenvalue weighted by Crippen LogP contribution is -2.25. The zero-order valence-corrected chi connectivity index (χ0v) is 11.6. The Morgan fingerprint density at radius 2 is 2.28 bits per heavy atom. The second-order valence-corrected chi connectivity index (χ2v) is 5.20. The van der Waals surface area contributed by atoms with Crippen LogP contribution in [0.5, 0.6) is 5.75 Å². The summed E-state index contributed by atoms with van der Waals surface area (Å²) in [5.74, 6) is 0.963. The van der Waals surface area contributed by atoms with Gasteiger partial charge in [-0.2, -0.15) is 0 Å². The molecular weight excluding hydrogens is 222 g/mol. The molecule has 0 radical (unpaired) electrons. The summed E-state index contributed by atoms with van der Waals surface area (Å²) < 4.78 is 5.33. The summed E-state index contributed by atoms with van der Waals surface area (Å²) in [4.78, 5) is 0. The van der Waals surface area contributed by atoms with Crippen LogP contribution in [-0.4, -0.2) is 13.7 Å². The number of methoxy groups -OCH3 is 1. The van der Waals surface area contributed by atoms with E-state index in [0.29, 0.717) is 6.04 Å². The van der Waals surface area contributed by atoms with Gasteiger partial charge in [0.1, 0.15) is 5.75 Å². The number of nitrogens with one attached hydrogen (secondary N) is 1. The monoisotopic (exact) mass is 245 g/mol. The lowest BCUT2D eigenvalue weighted by molar-refractivity contribution is 0.410. The van der Waals surface area contributed by atoms with E-state index in [4.69, 9.17) is 4.74 Å². The van der Waals surface area contributed by atoms with Crippen LogP contribution in [0.4, 0.5) is 0 Å². The van der Waals surface area contributed by atoms with Gasteiger partial charge in [-0.05, 0) is 56.4 Å². The van der Waals surface area contributed by atoms with Crippen molar-refractivity contribution in [1.82, 2.24) is 5.32 Å². The molecule has 0 spiro atoms. The molecule has 1 aliphatic rings. The van der Waals surface area contributed by atoms with Crippen LogP contribution in [0.2, 0.25) is 0 Å². The molecule has 1 aromatic carbocycles. The highest BCUT2D eigenvalue weighted by atomic mass is 16.5. The van der Waals surface area contributed by atoms with Gasteiger partial charge < -0.3 is 10.1 Å². The van der Waals surface area contributed by atoms with Crippen LogP contribution < -0.4 is 10.1 Å². The van der Waals surface area contributed by atoms with Crippen molar-refractivity contribution in [3.8, 4) is 5.75 Å². The summed E-state index contributed by atoms with van der Waals surface area (Å²) in [6.07, 6.45) is 5.93. The molecule has 1 N–H and O–H groups in total. The molecule has 0 aromatic heterocycles. The summed E-state index contributed by atoms with van der Waals surface area (Å²) in [7, 11) is 1.73. The van der Waals surface area contributed by atoms with E-state index < -0.39 is 0 Å². The number of hydrogen-bond donors (Lipinski definition) is 1. The standard InChI is InChI=1S/C16H23NO/c1-12(2)9-10-17-16-6-4-5-13-7-8-14(18-3)11-15(13)16/h7-9,11,16-17H,4-6,10H2,1-3H3. The molecule has 0 amide bonds. The van der Waals surface area contributed by atoms with Crippen molar-refractivity contribution in [3.05, 3.63) is 41.0 Å². The average Bonchev–Trinajstić information content (AvgIpc) is 2.38. The van der Waals surface area contributed by atoms with Crippen LogP contribution in [0, 0.1) is 0 Å². The van der Waals surface area contributed by atoms with Crippen LogP contribution in [-0.2, 0) is 6.42 Å². The molecule has 18 heavy (non-hydrogen) atoms. The van der Waals surface area contributed by atoms with Crippen LogP contribution in [0.1, 0.15) is 43.9 Å². The van der Waals surface area contributed by atoms with Crippen molar-refractivity contribution in [2.24, 2.45) is 0 Å². The van der Waals surface area contributed by atoms with Crippen LogP contribution >= 0.6 is 0 Å². The molecule has 0 aliphatic heterocycles. The van der Waals surface area contributed by atoms with Crippen molar-refractivity contribution in [2.75, 3.05) is 13.7 Å². The topological polar surface area (TPSA) is 21.3 Å². The highest BCUT2D eigenvalue weighted by Crippen LogP contribution is 2.32. The summed E-state index contributed by atoms with van der Waals surface area (Å²) in [6, 6.07) is 6.94. The molecule has 0 fully saturated rings. The molecule has 0 saturated carbocycles. The first-order valence-corrected chi connectivity index (χ1v) is 6.74. The SMILES string of the molecule is COc1ccc2c(c1)C(NCC=C(C)C)CCC2. The Morgan fingerprint density at radius 1 is 1.44 bits per heavy atom. The third kappa shape index (κ3) is 3.14. The predicted molar refractivity (Wildman–Crippen MR) is 76.1 cm³/mol. The lowest BCUT2D eigenvalue weighted by Gasteiger charge is -2.26. The first-order valence-electron chi connectivity index (χ1n) is 6.74. The Hall–Kier alpha value is -1.28. The van der Waals surface area contributed by atoms with E-state index in [1.807, 2.05) is 0 Å². The first-order chi connectivity index (χ1) is 8.70. The molecule has 2 rings (SSSR count). The molecule has 0 saturated heterocycles. The zero-order valence-electron chi connectivity index (χ0n) is 11.6. The van der Waals surface area contributed by atoms with E-state index in [2.05, 4.69) is 43.4 Å². The third-order valence-corrected chi connectivity index (χ3v) is 3.54. The Morgan fingerprint density at radius 3 is 3.00 bits per heavy atom. The van der Waals surface area contributed by atoms with Gasteiger partial charge in [0.15, 0.2) is 0 Å². The maximum Gasteiger partial charge on any atom is 0.119 e. The van der Waals surface area contributed by atoms with E-state index in [9.17, 15) is 0 Å². The highest BCUT2D eigenvalue weighted by Gasteiger charge is 2.19. The Balaban J connectivity index is 2.13. The van der Waals surface area contributed by atoms with Gasteiger partial charge in [-0.25, -0.2) is 0 Å². The predicted octanol–water partition coefficient (Wildman–Crippen LogP) is 3.63. The van der Waals surface area contributed by atoms with E-state index in [0.717, 1.165) is 12.3 Å². The van der Waals surface area contributed by atoms with E-state index in [-0.39, 0.29) is 0 Å². The number of rotatable bonds is 4. The highest BCUT2D eigenvalue weighted by molar-refractivity contribution is 5.39. The summed E-state index contributed by atoms with van der Waals surface area (Å²) >= 11 is 0. The molecule has 0 bridgehead atoms. The molecular formula is C16H23NO. The van der Waals surface area contributed by atoms with Crippen molar-refractivity contribution >= 4 is 0 Å². The van der Waals surface area contributed by atoms with Crippen LogP contribution in [0.25, 0.3) is 0 Å². The zero-order chi connectivity index (χ0) is 13.0. The quantitative estimate of drug-likeness (QED) is 0.818.